The number of anilines is 2. The van der Waals surface area contributed by atoms with Gasteiger partial charge < -0.3 is 5.32 Å². The topological polar surface area (TPSA) is 66.5 Å². The molecule has 0 fully saturated rings. The van der Waals surface area contributed by atoms with Crippen LogP contribution in [-0.4, -0.2) is 20.4 Å². The molecule has 3 aromatic carbocycles. The van der Waals surface area contributed by atoms with E-state index in [0.717, 1.165) is 11.3 Å². The number of rotatable bonds is 4. The van der Waals surface area contributed by atoms with Crippen LogP contribution < -0.4 is 9.62 Å². The summed E-state index contributed by atoms with van der Waals surface area (Å²) in [6.07, 6.45) is 0.687. The number of benzene rings is 3. The van der Waals surface area contributed by atoms with Crippen LogP contribution >= 0.6 is 0 Å². The van der Waals surface area contributed by atoms with Gasteiger partial charge in [0.25, 0.3) is 15.9 Å². The molecule has 28 heavy (non-hydrogen) atoms. The highest BCUT2D eigenvalue weighted by Gasteiger charge is 2.35. The fourth-order valence-corrected chi connectivity index (χ4v) is 5.21. The Morgan fingerprint density at radius 3 is 2.29 bits per heavy atom. The number of nitrogens with one attached hydrogen (secondary N) is 1. The second-order valence-electron chi connectivity index (χ2n) is 6.83. The standard InChI is InChI=1S/C22H20N2O3S/c1-16-15-18-7-5-6-10-21(18)24(16)28(26,27)20-13-11-17(12-14-20)22(25)23-19-8-3-2-4-9-19/h2-14,16H,15H2,1H3,(H,23,25). The predicted octanol–water partition coefficient (Wildman–Crippen LogP) is 4.08. The molecule has 4 rings (SSSR count). The summed E-state index contributed by atoms with van der Waals surface area (Å²) in [4.78, 5) is 12.5. The number of hydrogen-bond acceptors (Lipinski definition) is 3. The Balaban J connectivity index is 1.59. The molecule has 0 bridgehead atoms. The van der Waals surface area contributed by atoms with Gasteiger partial charge in [-0.1, -0.05) is 36.4 Å². The number of para-hydroxylation sites is 2. The second kappa shape index (κ2) is 7.13. The molecule has 1 aliphatic heterocycles. The molecule has 5 nitrogen and oxygen atoms in total. The molecule has 1 aliphatic rings. The Bertz CT molecular complexity index is 1110. The molecule has 142 valence electrons. The molecule has 0 aliphatic carbocycles. The lowest BCUT2D eigenvalue weighted by molar-refractivity contribution is 0.102. The summed E-state index contributed by atoms with van der Waals surface area (Å²) in [5, 5.41) is 2.79. The Labute approximate surface area is 164 Å². The number of nitrogens with zero attached hydrogens (tertiary/aromatic N) is 1. The first-order chi connectivity index (χ1) is 13.5. The van der Waals surface area contributed by atoms with Crippen LogP contribution in [0, 0.1) is 0 Å². The molecule has 6 heteroatoms. The number of carbonyl (C=O) groups excluding carboxylic acids is 1. The summed E-state index contributed by atoms with van der Waals surface area (Å²) in [7, 11) is -3.70. The lowest BCUT2D eigenvalue weighted by atomic mass is 10.1. The molecule has 1 N–H and O–H groups in total. The summed E-state index contributed by atoms with van der Waals surface area (Å²) < 4.78 is 27.9. The molecule has 0 saturated carbocycles. The Morgan fingerprint density at radius 2 is 1.57 bits per heavy atom. The van der Waals surface area contributed by atoms with Gasteiger partial charge in [-0.15, -0.1) is 0 Å². The number of hydrogen-bond donors (Lipinski definition) is 1. The quantitative estimate of drug-likeness (QED) is 0.728. The van der Waals surface area contributed by atoms with Gasteiger partial charge in [0, 0.05) is 17.3 Å². The fourth-order valence-electron chi connectivity index (χ4n) is 3.52. The predicted molar refractivity (Wildman–Crippen MR) is 110 cm³/mol. The van der Waals surface area contributed by atoms with Crippen molar-refractivity contribution in [1.29, 1.82) is 0 Å². The van der Waals surface area contributed by atoms with Crippen molar-refractivity contribution in [3.63, 3.8) is 0 Å². The minimum Gasteiger partial charge on any atom is -0.322 e. The first-order valence-electron chi connectivity index (χ1n) is 9.05. The van der Waals surface area contributed by atoms with E-state index in [2.05, 4.69) is 5.32 Å². The van der Waals surface area contributed by atoms with Crippen molar-refractivity contribution in [2.24, 2.45) is 0 Å². The molecule has 1 atom stereocenters. The lowest BCUT2D eigenvalue weighted by Gasteiger charge is -2.24. The first kappa shape index (κ1) is 18.3. The summed E-state index contributed by atoms with van der Waals surface area (Å²) in [6, 6.07) is 22.6. The molecule has 0 aromatic heterocycles. The monoisotopic (exact) mass is 392 g/mol. The zero-order valence-electron chi connectivity index (χ0n) is 15.4. The van der Waals surface area contributed by atoms with Crippen molar-refractivity contribution < 1.29 is 13.2 Å². The van der Waals surface area contributed by atoms with E-state index >= 15 is 0 Å². The maximum atomic E-state index is 13.2. The molecule has 1 amide bonds. The van der Waals surface area contributed by atoms with Gasteiger partial charge in [-0.05, 0) is 61.4 Å². The van der Waals surface area contributed by atoms with Crippen molar-refractivity contribution in [2.45, 2.75) is 24.3 Å². The van der Waals surface area contributed by atoms with Gasteiger partial charge >= 0.3 is 0 Å². The average Bonchev–Trinajstić information content (AvgIpc) is 3.05. The molecular weight excluding hydrogens is 372 g/mol. The highest BCUT2D eigenvalue weighted by Crippen LogP contribution is 2.36. The minimum atomic E-state index is -3.70. The second-order valence-corrected chi connectivity index (χ2v) is 8.64. The average molecular weight is 392 g/mol. The van der Waals surface area contributed by atoms with Gasteiger partial charge in [-0.2, -0.15) is 0 Å². The maximum Gasteiger partial charge on any atom is 0.264 e. The van der Waals surface area contributed by atoms with E-state index in [-0.39, 0.29) is 16.8 Å². The highest BCUT2D eigenvalue weighted by atomic mass is 32.2. The summed E-state index contributed by atoms with van der Waals surface area (Å²) in [5.41, 5.74) is 2.84. The lowest BCUT2D eigenvalue weighted by Crippen LogP contribution is -2.35. The Hall–Kier alpha value is -3.12. The van der Waals surface area contributed by atoms with Gasteiger partial charge in [-0.25, -0.2) is 8.42 Å². The van der Waals surface area contributed by atoms with Crippen molar-refractivity contribution in [2.75, 3.05) is 9.62 Å². The highest BCUT2D eigenvalue weighted by molar-refractivity contribution is 7.92. The zero-order valence-corrected chi connectivity index (χ0v) is 16.2. The molecule has 0 radical (unpaired) electrons. The van der Waals surface area contributed by atoms with E-state index in [4.69, 9.17) is 0 Å². The van der Waals surface area contributed by atoms with E-state index in [0.29, 0.717) is 17.7 Å². The molecule has 1 unspecified atom stereocenters. The molecule has 0 spiro atoms. The number of amides is 1. The summed E-state index contributed by atoms with van der Waals surface area (Å²) in [5.74, 6) is -0.282. The normalized spacial score (nSPS) is 15.9. The third-order valence-corrected chi connectivity index (χ3v) is 6.79. The van der Waals surface area contributed by atoms with Gasteiger partial charge in [0.15, 0.2) is 0 Å². The van der Waals surface area contributed by atoms with Crippen molar-refractivity contribution in [3.05, 3.63) is 90.0 Å². The van der Waals surface area contributed by atoms with Crippen LogP contribution in [0.5, 0.6) is 0 Å². The Kier molecular flexibility index (Phi) is 4.65. The first-order valence-corrected chi connectivity index (χ1v) is 10.5. The number of carbonyl (C=O) groups is 1. The maximum absolute atomic E-state index is 13.2. The fraction of sp³-hybridized carbons (Fsp3) is 0.136. The van der Waals surface area contributed by atoms with Crippen LogP contribution in [0.3, 0.4) is 0 Å². The van der Waals surface area contributed by atoms with E-state index in [1.165, 1.54) is 28.6 Å². The van der Waals surface area contributed by atoms with Crippen molar-refractivity contribution >= 4 is 27.3 Å². The van der Waals surface area contributed by atoms with Crippen LogP contribution in [0.15, 0.2) is 83.8 Å². The molecular formula is C22H20N2O3S. The van der Waals surface area contributed by atoms with Crippen molar-refractivity contribution in [3.8, 4) is 0 Å². The largest absolute Gasteiger partial charge is 0.322 e. The van der Waals surface area contributed by atoms with Crippen LogP contribution in [0.4, 0.5) is 11.4 Å². The smallest absolute Gasteiger partial charge is 0.264 e. The van der Waals surface area contributed by atoms with Gasteiger partial charge in [0.05, 0.1) is 10.6 Å². The summed E-state index contributed by atoms with van der Waals surface area (Å²) >= 11 is 0. The van der Waals surface area contributed by atoms with E-state index < -0.39 is 10.0 Å². The molecule has 0 saturated heterocycles. The minimum absolute atomic E-state index is 0.150. The van der Waals surface area contributed by atoms with Crippen LogP contribution in [0.2, 0.25) is 0 Å². The van der Waals surface area contributed by atoms with Gasteiger partial charge in [0.2, 0.25) is 0 Å². The third kappa shape index (κ3) is 3.27. The van der Waals surface area contributed by atoms with E-state index in [9.17, 15) is 13.2 Å². The zero-order chi connectivity index (χ0) is 19.7. The number of sulfonamides is 1. The van der Waals surface area contributed by atoms with Crippen LogP contribution in [0.25, 0.3) is 0 Å². The SMILES string of the molecule is CC1Cc2ccccc2N1S(=O)(=O)c1ccc(C(=O)Nc2ccccc2)cc1. The Morgan fingerprint density at radius 1 is 0.929 bits per heavy atom. The molecule has 3 aromatic rings. The van der Waals surface area contributed by atoms with E-state index in [1.54, 1.807) is 12.1 Å². The van der Waals surface area contributed by atoms with Crippen molar-refractivity contribution in [1.82, 2.24) is 0 Å². The third-order valence-electron chi connectivity index (χ3n) is 4.85. The van der Waals surface area contributed by atoms with E-state index in [1.807, 2.05) is 49.4 Å². The van der Waals surface area contributed by atoms with Gasteiger partial charge in [-0.3, -0.25) is 9.10 Å². The van der Waals surface area contributed by atoms with Crippen LogP contribution in [0.1, 0.15) is 22.8 Å². The number of fused-ring (bicyclic) bond motifs is 1. The summed E-state index contributed by atoms with van der Waals surface area (Å²) in [6.45, 7) is 1.90. The molecule has 1 heterocycles. The van der Waals surface area contributed by atoms with Crippen LogP contribution in [-0.2, 0) is 16.4 Å². The van der Waals surface area contributed by atoms with Gasteiger partial charge in [0.1, 0.15) is 0 Å².